The Balaban J connectivity index is 2.07. The van der Waals surface area contributed by atoms with Crippen LogP contribution in [0.3, 0.4) is 0 Å². The highest BCUT2D eigenvalue weighted by Crippen LogP contribution is 2.43. The quantitative estimate of drug-likeness (QED) is 0.359. The number of hydrogen-bond donors (Lipinski definition) is 1. The molecule has 0 fully saturated rings. The lowest BCUT2D eigenvalue weighted by Gasteiger charge is -2.35. The maximum Gasteiger partial charge on any atom is 0.355 e. The zero-order valence-electron chi connectivity index (χ0n) is 22.5. The molecule has 1 atom stereocenters. The molecule has 1 heterocycles. The number of allylic oxidation sites excluding steroid dienone is 1. The molecule has 1 aliphatic heterocycles. The fourth-order valence-corrected chi connectivity index (χ4v) is 4.42. The molecule has 2 aromatic carbocycles. The van der Waals surface area contributed by atoms with Gasteiger partial charge in [-0.3, -0.25) is 4.90 Å². The molecule has 0 radical (unpaired) electrons. The summed E-state index contributed by atoms with van der Waals surface area (Å²) >= 11 is 0. The van der Waals surface area contributed by atoms with Gasteiger partial charge in [0, 0.05) is 12.2 Å². The first-order chi connectivity index (χ1) is 18.8. The van der Waals surface area contributed by atoms with E-state index < -0.39 is 23.8 Å². The van der Waals surface area contributed by atoms with E-state index in [4.69, 9.17) is 19.9 Å². The molecule has 3 rings (SSSR count). The van der Waals surface area contributed by atoms with Crippen molar-refractivity contribution >= 4 is 23.6 Å². The van der Waals surface area contributed by atoms with Crippen LogP contribution in [-0.4, -0.2) is 63.3 Å². The van der Waals surface area contributed by atoms with E-state index >= 15 is 0 Å². The Morgan fingerprint density at radius 1 is 0.949 bits per heavy atom. The lowest BCUT2D eigenvalue weighted by molar-refractivity contribution is -0.139. The van der Waals surface area contributed by atoms with Gasteiger partial charge in [-0.05, 0) is 42.9 Å². The van der Waals surface area contributed by atoms with Crippen molar-refractivity contribution < 1.29 is 28.6 Å². The summed E-state index contributed by atoms with van der Waals surface area (Å²) < 4.78 is 15.4. The van der Waals surface area contributed by atoms with Gasteiger partial charge >= 0.3 is 17.9 Å². The molecule has 1 unspecified atom stereocenters. The normalized spacial score (nSPS) is 15.2. The molecule has 2 N–H and O–H groups in total. The summed E-state index contributed by atoms with van der Waals surface area (Å²) in [7, 11) is 2.36. The first-order valence-electron chi connectivity index (χ1n) is 12.5. The summed E-state index contributed by atoms with van der Waals surface area (Å²) in [6.45, 7) is 6.64. The van der Waals surface area contributed by atoms with Crippen LogP contribution < -0.4 is 10.6 Å². The van der Waals surface area contributed by atoms with Crippen LogP contribution in [0.15, 0.2) is 77.3 Å². The van der Waals surface area contributed by atoms with Crippen molar-refractivity contribution in [1.29, 1.82) is 5.26 Å². The third kappa shape index (κ3) is 6.10. The van der Waals surface area contributed by atoms with Gasteiger partial charge in [-0.15, -0.1) is 0 Å². The maximum absolute atomic E-state index is 13.1. The van der Waals surface area contributed by atoms with Gasteiger partial charge in [-0.1, -0.05) is 44.2 Å². The molecule has 204 valence electrons. The van der Waals surface area contributed by atoms with E-state index in [9.17, 15) is 19.6 Å². The number of hydrogen-bond acceptors (Lipinski definition) is 10. The van der Waals surface area contributed by atoms with Crippen LogP contribution >= 0.6 is 0 Å². The fourth-order valence-electron chi connectivity index (χ4n) is 4.42. The van der Waals surface area contributed by atoms with Crippen molar-refractivity contribution in [2.45, 2.75) is 19.8 Å². The van der Waals surface area contributed by atoms with Gasteiger partial charge in [-0.25, -0.2) is 14.4 Å². The van der Waals surface area contributed by atoms with Gasteiger partial charge in [0.25, 0.3) is 0 Å². The molecular formula is C29H32N4O6. The van der Waals surface area contributed by atoms with Gasteiger partial charge in [0.05, 0.1) is 42.9 Å². The largest absolute Gasteiger partial charge is 0.466 e. The van der Waals surface area contributed by atoms with E-state index in [-0.39, 0.29) is 34.8 Å². The van der Waals surface area contributed by atoms with Crippen molar-refractivity contribution in [3.05, 3.63) is 88.4 Å². The average molecular weight is 533 g/mol. The van der Waals surface area contributed by atoms with E-state index in [1.165, 1.54) is 31.3 Å². The monoisotopic (exact) mass is 532 g/mol. The minimum absolute atomic E-state index is 0.0501. The second kappa shape index (κ2) is 13.3. The van der Waals surface area contributed by atoms with Gasteiger partial charge in [0.15, 0.2) is 0 Å². The van der Waals surface area contributed by atoms with Gasteiger partial charge in [0.2, 0.25) is 0 Å². The molecule has 1 aliphatic rings. The van der Waals surface area contributed by atoms with Gasteiger partial charge in [0.1, 0.15) is 18.1 Å². The van der Waals surface area contributed by atoms with Crippen molar-refractivity contribution in [3.63, 3.8) is 0 Å². The molecule has 10 heteroatoms. The summed E-state index contributed by atoms with van der Waals surface area (Å²) in [6, 6.07) is 17.0. The Labute approximate surface area is 227 Å². The molecule has 0 saturated carbocycles. The number of nitrogens with zero attached hydrogens (tertiary/aromatic N) is 3. The summed E-state index contributed by atoms with van der Waals surface area (Å²) in [6.07, 6.45) is 0. The highest BCUT2D eigenvalue weighted by molar-refractivity contribution is 6.06. The summed E-state index contributed by atoms with van der Waals surface area (Å²) in [4.78, 5) is 42.2. The number of anilines is 1. The molecule has 0 spiro atoms. The molecule has 10 nitrogen and oxygen atoms in total. The van der Waals surface area contributed by atoms with E-state index in [1.807, 2.05) is 13.8 Å². The number of nitriles is 1. The van der Waals surface area contributed by atoms with Crippen molar-refractivity contribution in [2.24, 2.45) is 5.73 Å². The van der Waals surface area contributed by atoms with Crippen molar-refractivity contribution in [1.82, 2.24) is 4.90 Å². The van der Waals surface area contributed by atoms with E-state index in [0.29, 0.717) is 17.8 Å². The van der Waals surface area contributed by atoms with Crippen LogP contribution in [-0.2, 0) is 23.8 Å². The predicted octanol–water partition coefficient (Wildman–Crippen LogP) is 3.08. The molecular weight excluding hydrogens is 500 g/mol. The highest BCUT2D eigenvalue weighted by Gasteiger charge is 2.43. The first kappa shape index (κ1) is 28.9. The Hall–Kier alpha value is -4.62. The zero-order chi connectivity index (χ0) is 28.5. The van der Waals surface area contributed by atoms with Crippen molar-refractivity contribution in [2.75, 3.05) is 45.4 Å². The summed E-state index contributed by atoms with van der Waals surface area (Å²) in [5.41, 5.74) is 7.44. The standard InChI is InChI=1S/C29H32N4O6/c1-5-32(6-2)16-17-39-27(34)20-12-14-21(15-13-20)33-25(29(36)38-4)24(28(35)37-3)23(22(18-30)26(33)31)19-10-8-7-9-11-19/h7-15,23H,5-6,16-17,31H2,1-4H3. The van der Waals surface area contributed by atoms with E-state index in [1.54, 1.807) is 42.5 Å². The van der Waals surface area contributed by atoms with Gasteiger partial charge < -0.3 is 24.8 Å². The summed E-state index contributed by atoms with van der Waals surface area (Å²) in [5, 5.41) is 10.1. The van der Waals surface area contributed by atoms with Crippen LogP contribution in [0.4, 0.5) is 5.69 Å². The fraction of sp³-hybridized carbons (Fsp3) is 0.310. The number of rotatable bonds is 10. The predicted molar refractivity (Wildman–Crippen MR) is 144 cm³/mol. The molecule has 39 heavy (non-hydrogen) atoms. The van der Waals surface area contributed by atoms with E-state index in [0.717, 1.165) is 13.1 Å². The zero-order valence-corrected chi connectivity index (χ0v) is 22.5. The molecule has 0 aliphatic carbocycles. The van der Waals surface area contributed by atoms with Crippen LogP contribution in [0.1, 0.15) is 35.7 Å². The molecule has 0 saturated heterocycles. The Bertz CT molecular complexity index is 1310. The number of likely N-dealkylation sites (N-methyl/N-ethyl adjacent to an activating group) is 1. The minimum Gasteiger partial charge on any atom is -0.466 e. The topological polar surface area (TPSA) is 135 Å². The van der Waals surface area contributed by atoms with Crippen LogP contribution in [0.2, 0.25) is 0 Å². The number of methoxy groups -OCH3 is 2. The number of esters is 3. The lowest BCUT2D eigenvalue weighted by atomic mass is 9.81. The second-order valence-electron chi connectivity index (χ2n) is 8.54. The SMILES string of the molecule is CCN(CC)CCOC(=O)c1ccc(N2C(N)=C(C#N)C(c3ccccc3)C(C(=O)OC)=C2C(=O)OC)cc1. The van der Waals surface area contributed by atoms with E-state index in [2.05, 4.69) is 11.0 Å². The Morgan fingerprint density at radius 2 is 1.56 bits per heavy atom. The lowest BCUT2D eigenvalue weighted by Crippen LogP contribution is -2.40. The van der Waals surface area contributed by atoms with Crippen LogP contribution in [0, 0.1) is 11.3 Å². The average Bonchev–Trinajstić information content (AvgIpc) is 2.98. The Kier molecular flexibility index (Phi) is 9.84. The van der Waals surface area contributed by atoms with Gasteiger partial charge in [-0.2, -0.15) is 5.26 Å². The third-order valence-corrected chi connectivity index (χ3v) is 6.51. The number of nitrogens with two attached hydrogens (primary N) is 1. The number of carbonyl (C=O) groups is 3. The number of benzene rings is 2. The molecule has 2 aromatic rings. The smallest absolute Gasteiger partial charge is 0.355 e. The van der Waals surface area contributed by atoms with Crippen molar-refractivity contribution in [3.8, 4) is 6.07 Å². The molecule has 0 amide bonds. The minimum atomic E-state index is -0.964. The third-order valence-electron chi connectivity index (χ3n) is 6.51. The maximum atomic E-state index is 13.1. The van der Waals surface area contributed by atoms with Crippen LogP contribution in [0.25, 0.3) is 0 Å². The first-order valence-corrected chi connectivity index (χ1v) is 12.5. The number of ether oxygens (including phenoxy) is 3. The van der Waals surface area contributed by atoms with Crippen LogP contribution in [0.5, 0.6) is 0 Å². The number of carbonyl (C=O) groups excluding carboxylic acids is 3. The molecule has 0 bridgehead atoms. The Morgan fingerprint density at radius 3 is 2.10 bits per heavy atom. The summed E-state index contributed by atoms with van der Waals surface area (Å²) in [5.74, 6) is -3.20. The second-order valence-corrected chi connectivity index (χ2v) is 8.54. The molecule has 0 aromatic heterocycles. The highest BCUT2D eigenvalue weighted by atomic mass is 16.5.